The number of rotatable bonds is 4. The van der Waals surface area contributed by atoms with E-state index in [9.17, 15) is 0 Å². The van der Waals surface area contributed by atoms with Gasteiger partial charge >= 0.3 is 0 Å². The van der Waals surface area contributed by atoms with Gasteiger partial charge in [-0.25, -0.2) is 5.01 Å². The van der Waals surface area contributed by atoms with E-state index in [1.807, 2.05) is 23.2 Å². The Morgan fingerprint density at radius 3 is 2.44 bits per heavy atom. The Morgan fingerprint density at radius 1 is 1.11 bits per heavy atom. The smallest absolute Gasteiger partial charge is 0.123 e. The monoisotopic (exact) mass is 251 g/mol. The quantitative estimate of drug-likeness (QED) is 0.798. The van der Waals surface area contributed by atoms with Crippen LogP contribution in [0, 0.1) is 0 Å². The van der Waals surface area contributed by atoms with Crippen molar-refractivity contribution in [1.82, 2.24) is 9.91 Å². The number of benzene rings is 1. The largest absolute Gasteiger partial charge is 0.497 e. The molecule has 0 radical (unpaired) electrons. The van der Waals surface area contributed by atoms with E-state index in [0.717, 1.165) is 49.8 Å². The molecule has 0 bridgehead atoms. The van der Waals surface area contributed by atoms with E-state index < -0.39 is 0 Å². The first-order valence-corrected chi connectivity index (χ1v) is 6.16. The van der Waals surface area contributed by atoms with Crippen LogP contribution in [0.4, 0.5) is 0 Å². The molecule has 0 aromatic heterocycles. The number of hydrazine groups is 1. The molecule has 1 saturated heterocycles. The molecule has 2 N–H and O–H groups in total. The van der Waals surface area contributed by atoms with Crippen LogP contribution in [0.5, 0.6) is 11.5 Å². The van der Waals surface area contributed by atoms with Crippen molar-refractivity contribution >= 4 is 0 Å². The van der Waals surface area contributed by atoms with E-state index in [1.54, 1.807) is 14.2 Å². The molecule has 1 aromatic carbocycles. The molecule has 1 heterocycles. The molecule has 0 unspecified atom stereocenters. The normalized spacial score (nSPS) is 17.7. The molecule has 18 heavy (non-hydrogen) atoms. The van der Waals surface area contributed by atoms with Crippen molar-refractivity contribution in [3.05, 3.63) is 23.8 Å². The highest BCUT2D eigenvalue weighted by Gasteiger charge is 2.16. The van der Waals surface area contributed by atoms with Crippen molar-refractivity contribution in [2.45, 2.75) is 6.54 Å². The summed E-state index contributed by atoms with van der Waals surface area (Å²) >= 11 is 0. The molecule has 5 heteroatoms. The van der Waals surface area contributed by atoms with Crippen LogP contribution >= 0.6 is 0 Å². The van der Waals surface area contributed by atoms with Gasteiger partial charge in [-0.15, -0.1) is 0 Å². The lowest BCUT2D eigenvalue weighted by molar-refractivity contribution is 0.127. The molecule has 1 fully saturated rings. The van der Waals surface area contributed by atoms with Gasteiger partial charge in [0.15, 0.2) is 0 Å². The Hall–Kier alpha value is -1.30. The van der Waals surface area contributed by atoms with Crippen LogP contribution in [0.25, 0.3) is 0 Å². The SMILES string of the molecule is COc1ccc(OC)c(CN2CCN(N)CC2)c1. The second-order valence-corrected chi connectivity index (χ2v) is 4.49. The second kappa shape index (κ2) is 6.04. The van der Waals surface area contributed by atoms with Gasteiger partial charge < -0.3 is 9.47 Å². The maximum atomic E-state index is 5.75. The summed E-state index contributed by atoms with van der Waals surface area (Å²) in [6.07, 6.45) is 0. The fourth-order valence-corrected chi connectivity index (χ4v) is 2.17. The molecule has 0 spiro atoms. The predicted octanol–water partition coefficient (Wildman–Crippen LogP) is 0.695. The number of methoxy groups -OCH3 is 2. The van der Waals surface area contributed by atoms with Crippen LogP contribution in [0.2, 0.25) is 0 Å². The van der Waals surface area contributed by atoms with Crippen molar-refractivity contribution in [3.63, 3.8) is 0 Å². The van der Waals surface area contributed by atoms with Crippen molar-refractivity contribution in [1.29, 1.82) is 0 Å². The lowest BCUT2D eigenvalue weighted by atomic mass is 10.1. The van der Waals surface area contributed by atoms with Gasteiger partial charge in [0.25, 0.3) is 0 Å². The topological polar surface area (TPSA) is 51.0 Å². The summed E-state index contributed by atoms with van der Waals surface area (Å²) in [7, 11) is 3.38. The molecule has 1 aliphatic rings. The van der Waals surface area contributed by atoms with Crippen LogP contribution in [0.15, 0.2) is 18.2 Å². The Bertz CT molecular complexity index is 390. The van der Waals surface area contributed by atoms with E-state index in [0.29, 0.717) is 0 Å². The van der Waals surface area contributed by atoms with Gasteiger partial charge in [0.1, 0.15) is 11.5 Å². The molecule has 0 amide bonds. The molecule has 2 rings (SSSR count). The average Bonchev–Trinajstić information content (AvgIpc) is 2.41. The Labute approximate surface area is 108 Å². The minimum absolute atomic E-state index is 0.864. The van der Waals surface area contributed by atoms with Crippen molar-refractivity contribution in [2.75, 3.05) is 40.4 Å². The zero-order valence-corrected chi connectivity index (χ0v) is 11.1. The fraction of sp³-hybridized carbons (Fsp3) is 0.538. The molecule has 0 aliphatic carbocycles. The standard InChI is InChI=1S/C13H21N3O2/c1-17-12-3-4-13(18-2)11(9-12)10-15-5-7-16(14)8-6-15/h3-4,9H,5-8,10,14H2,1-2H3. The average molecular weight is 251 g/mol. The highest BCUT2D eigenvalue weighted by Crippen LogP contribution is 2.25. The van der Waals surface area contributed by atoms with Gasteiger partial charge in [-0.05, 0) is 18.2 Å². The van der Waals surface area contributed by atoms with Gasteiger partial charge in [0.05, 0.1) is 14.2 Å². The minimum atomic E-state index is 0.864. The first kappa shape index (κ1) is 13.1. The van der Waals surface area contributed by atoms with Gasteiger partial charge in [0.2, 0.25) is 0 Å². The first-order chi connectivity index (χ1) is 8.72. The summed E-state index contributed by atoms with van der Waals surface area (Å²) in [6, 6.07) is 5.90. The first-order valence-electron chi connectivity index (χ1n) is 6.16. The van der Waals surface area contributed by atoms with E-state index in [4.69, 9.17) is 15.3 Å². The highest BCUT2D eigenvalue weighted by atomic mass is 16.5. The summed E-state index contributed by atoms with van der Waals surface area (Å²) in [4.78, 5) is 2.38. The number of ether oxygens (including phenoxy) is 2. The fourth-order valence-electron chi connectivity index (χ4n) is 2.17. The number of piperazine rings is 1. The van der Waals surface area contributed by atoms with E-state index in [2.05, 4.69) is 4.90 Å². The zero-order chi connectivity index (χ0) is 13.0. The summed E-state index contributed by atoms with van der Waals surface area (Å²) in [5.74, 6) is 7.53. The molecule has 1 aromatic rings. The summed E-state index contributed by atoms with van der Waals surface area (Å²) in [5.41, 5.74) is 1.15. The van der Waals surface area contributed by atoms with Gasteiger partial charge in [-0.3, -0.25) is 10.7 Å². The molecule has 5 nitrogen and oxygen atoms in total. The molecule has 100 valence electrons. The van der Waals surface area contributed by atoms with E-state index in [1.165, 1.54) is 0 Å². The number of nitrogens with zero attached hydrogens (tertiary/aromatic N) is 2. The van der Waals surface area contributed by atoms with Crippen LogP contribution < -0.4 is 15.3 Å². The third kappa shape index (κ3) is 3.13. The van der Waals surface area contributed by atoms with Crippen molar-refractivity contribution in [2.24, 2.45) is 5.84 Å². The summed E-state index contributed by atoms with van der Waals surface area (Å²) in [6.45, 7) is 4.65. The van der Waals surface area contributed by atoms with Crippen LogP contribution in [0.1, 0.15) is 5.56 Å². The predicted molar refractivity (Wildman–Crippen MR) is 70.6 cm³/mol. The maximum Gasteiger partial charge on any atom is 0.123 e. The van der Waals surface area contributed by atoms with Gasteiger partial charge in [0, 0.05) is 38.3 Å². The second-order valence-electron chi connectivity index (χ2n) is 4.49. The van der Waals surface area contributed by atoms with Crippen molar-refractivity contribution < 1.29 is 9.47 Å². The van der Waals surface area contributed by atoms with E-state index >= 15 is 0 Å². The lowest BCUT2D eigenvalue weighted by Gasteiger charge is -2.32. The third-order valence-corrected chi connectivity index (χ3v) is 3.29. The van der Waals surface area contributed by atoms with Crippen molar-refractivity contribution in [3.8, 4) is 11.5 Å². The lowest BCUT2D eigenvalue weighted by Crippen LogP contribution is -2.48. The molecule has 0 atom stereocenters. The van der Waals surface area contributed by atoms with Crippen LogP contribution in [-0.2, 0) is 6.54 Å². The number of hydrogen-bond acceptors (Lipinski definition) is 5. The Balaban J connectivity index is 2.07. The molecule has 0 saturated carbocycles. The van der Waals surface area contributed by atoms with Gasteiger partial charge in [-0.1, -0.05) is 0 Å². The minimum Gasteiger partial charge on any atom is -0.497 e. The maximum absolute atomic E-state index is 5.75. The van der Waals surface area contributed by atoms with Crippen LogP contribution in [-0.4, -0.2) is 50.3 Å². The molecular weight excluding hydrogens is 230 g/mol. The Morgan fingerprint density at radius 2 is 1.83 bits per heavy atom. The summed E-state index contributed by atoms with van der Waals surface area (Å²) in [5, 5.41) is 1.86. The van der Waals surface area contributed by atoms with E-state index in [-0.39, 0.29) is 0 Å². The highest BCUT2D eigenvalue weighted by molar-refractivity contribution is 5.40. The third-order valence-electron chi connectivity index (χ3n) is 3.29. The molecular formula is C13H21N3O2. The van der Waals surface area contributed by atoms with Gasteiger partial charge in [-0.2, -0.15) is 0 Å². The number of hydrogen-bond donors (Lipinski definition) is 1. The molecule has 1 aliphatic heterocycles. The number of nitrogens with two attached hydrogens (primary N) is 1. The Kier molecular flexibility index (Phi) is 4.41. The summed E-state index contributed by atoms with van der Waals surface area (Å²) < 4.78 is 10.6. The van der Waals surface area contributed by atoms with Crippen LogP contribution in [0.3, 0.4) is 0 Å². The zero-order valence-electron chi connectivity index (χ0n) is 11.1.